The van der Waals surface area contributed by atoms with Gasteiger partial charge in [-0.2, -0.15) is 0 Å². The number of ether oxygens (including phenoxy) is 1. The van der Waals surface area contributed by atoms with Crippen molar-refractivity contribution in [1.29, 1.82) is 0 Å². The molecule has 1 saturated heterocycles. The first kappa shape index (κ1) is 12.8. The summed E-state index contributed by atoms with van der Waals surface area (Å²) in [6, 6.07) is 7.86. The molecule has 0 aromatic heterocycles. The van der Waals surface area contributed by atoms with Crippen molar-refractivity contribution in [3.8, 4) is 0 Å². The summed E-state index contributed by atoms with van der Waals surface area (Å²) in [7, 11) is 1.85. The van der Waals surface area contributed by atoms with Crippen molar-refractivity contribution in [1.82, 2.24) is 5.32 Å². The lowest BCUT2D eigenvalue weighted by Crippen LogP contribution is -2.39. The minimum absolute atomic E-state index is 0.0167. The van der Waals surface area contributed by atoms with Crippen molar-refractivity contribution in [3.05, 3.63) is 27.8 Å². The number of rotatable bonds is 3. The summed E-state index contributed by atoms with van der Waals surface area (Å²) in [4.78, 5) is 12.0. The summed E-state index contributed by atoms with van der Waals surface area (Å²) in [5.74, 6) is -0.0951. The Morgan fingerprint density at radius 2 is 2.06 bits per heavy atom. The highest BCUT2D eigenvalue weighted by atomic mass is 127. The predicted molar refractivity (Wildman–Crippen MR) is 74.9 cm³/mol. The number of amides is 1. The minimum atomic E-state index is -0.112. The molecule has 0 spiro atoms. The molecule has 1 heterocycles. The molecule has 2 atom stereocenters. The van der Waals surface area contributed by atoms with Gasteiger partial charge in [-0.05, 0) is 53.9 Å². The van der Waals surface area contributed by atoms with E-state index in [-0.39, 0.29) is 17.9 Å². The normalized spacial score (nSPS) is 23.6. The molecule has 1 aromatic rings. The molecule has 92 valence electrons. The summed E-state index contributed by atoms with van der Waals surface area (Å²) in [5, 5.41) is 6.02. The van der Waals surface area contributed by atoms with Crippen molar-refractivity contribution in [3.63, 3.8) is 0 Å². The molecule has 2 N–H and O–H groups in total. The third-order valence-electron chi connectivity index (χ3n) is 2.90. The van der Waals surface area contributed by atoms with Crippen LogP contribution in [0.15, 0.2) is 24.3 Å². The van der Waals surface area contributed by atoms with Gasteiger partial charge in [-0.15, -0.1) is 0 Å². The Labute approximate surface area is 114 Å². The van der Waals surface area contributed by atoms with E-state index in [1.807, 2.05) is 31.3 Å². The van der Waals surface area contributed by atoms with Crippen LogP contribution in [0, 0.1) is 9.49 Å². The van der Waals surface area contributed by atoms with Crippen LogP contribution in [0.3, 0.4) is 0 Å². The highest BCUT2D eigenvalue weighted by Gasteiger charge is 2.32. The molecule has 1 fully saturated rings. The van der Waals surface area contributed by atoms with Gasteiger partial charge in [0.2, 0.25) is 5.91 Å². The number of hydrogen-bond donors (Lipinski definition) is 2. The quantitative estimate of drug-likeness (QED) is 0.815. The second kappa shape index (κ2) is 5.79. The van der Waals surface area contributed by atoms with Crippen molar-refractivity contribution in [2.24, 2.45) is 5.92 Å². The van der Waals surface area contributed by atoms with Crippen molar-refractivity contribution in [2.75, 3.05) is 25.6 Å². The van der Waals surface area contributed by atoms with Gasteiger partial charge in [0, 0.05) is 15.3 Å². The lowest BCUT2D eigenvalue weighted by molar-refractivity contribution is -0.120. The number of halogens is 1. The second-order valence-corrected chi connectivity index (χ2v) is 5.28. The molecule has 1 aromatic carbocycles. The minimum Gasteiger partial charge on any atom is -0.379 e. The Morgan fingerprint density at radius 3 is 2.71 bits per heavy atom. The highest BCUT2D eigenvalue weighted by molar-refractivity contribution is 14.1. The molecule has 1 aliphatic heterocycles. The van der Waals surface area contributed by atoms with Crippen LogP contribution in [0.5, 0.6) is 0 Å². The third kappa shape index (κ3) is 3.17. The lowest BCUT2D eigenvalue weighted by atomic mass is 10.0. The fourth-order valence-corrected chi connectivity index (χ4v) is 2.22. The van der Waals surface area contributed by atoms with Crippen molar-refractivity contribution >= 4 is 34.2 Å². The Balaban J connectivity index is 1.99. The summed E-state index contributed by atoms with van der Waals surface area (Å²) < 4.78 is 6.46. The fraction of sp³-hybridized carbons (Fsp3) is 0.417. The topological polar surface area (TPSA) is 50.4 Å². The molecule has 17 heavy (non-hydrogen) atoms. The first-order chi connectivity index (χ1) is 8.20. The van der Waals surface area contributed by atoms with Crippen LogP contribution in [0.1, 0.15) is 0 Å². The average molecular weight is 346 g/mol. The van der Waals surface area contributed by atoms with Gasteiger partial charge in [0.15, 0.2) is 0 Å². The Kier molecular flexibility index (Phi) is 4.36. The molecule has 1 amide bonds. The smallest absolute Gasteiger partial charge is 0.231 e. The number of anilines is 1. The van der Waals surface area contributed by atoms with Crippen molar-refractivity contribution < 1.29 is 9.53 Å². The van der Waals surface area contributed by atoms with E-state index in [9.17, 15) is 4.79 Å². The average Bonchev–Trinajstić information content (AvgIpc) is 2.80. The summed E-state index contributed by atoms with van der Waals surface area (Å²) in [6.45, 7) is 1.09. The monoisotopic (exact) mass is 346 g/mol. The van der Waals surface area contributed by atoms with Gasteiger partial charge >= 0.3 is 0 Å². The van der Waals surface area contributed by atoms with Crippen LogP contribution in [0.4, 0.5) is 5.69 Å². The summed E-state index contributed by atoms with van der Waals surface area (Å²) >= 11 is 2.23. The van der Waals surface area contributed by atoms with Gasteiger partial charge in [-0.1, -0.05) is 0 Å². The molecular weight excluding hydrogens is 331 g/mol. The van der Waals surface area contributed by atoms with Gasteiger partial charge in [-0.3, -0.25) is 4.79 Å². The Morgan fingerprint density at radius 1 is 1.35 bits per heavy atom. The van der Waals surface area contributed by atoms with E-state index < -0.39 is 0 Å². The third-order valence-corrected chi connectivity index (χ3v) is 3.62. The van der Waals surface area contributed by atoms with E-state index in [4.69, 9.17) is 4.74 Å². The first-order valence-electron chi connectivity index (χ1n) is 5.52. The first-order valence-corrected chi connectivity index (χ1v) is 6.60. The number of likely N-dealkylation sites (N-methyl/N-ethyl adjacent to an activating group) is 1. The Hall–Kier alpha value is -0.660. The van der Waals surface area contributed by atoms with Gasteiger partial charge in [-0.25, -0.2) is 0 Å². The molecule has 0 radical (unpaired) electrons. The molecular formula is C12H15IN2O2. The summed E-state index contributed by atoms with van der Waals surface area (Å²) in [6.07, 6.45) is 0. The van der Waals surface area contributed by atoms with Gasteiger partial charge in [0.05, 0.1) is 19.1 Å². The molecule has 4 nitrogen and oxygen atoms in total. The molecule has 0 aliphatic carbocycles. The lowest BCUT2D eigenvalue weighted by Gasteiger charge is -2.16. The van der Waals surface area contributed by atoms with E-state index in [1.54, 1.807) is 0 Å². The molecule has 5 heteroatoms. The maximum Gasteiger partial charge on any atom is 0.231 e. The van der Waals surface area contributed by atoms with Crippen LogP contribution >= 0.6 is 22.6 Å². The zero-order chi connectivity index (χ0) is 12.3. The fourth-order valence-electron chi connectivity index (χ4n) is 1.87. The number of carbonyl (C=O) groups excluding carboxylic acids is 1. The van der Waals surface area contributed by atoms with Gasteiger partial charge in [0.1, 0.15) is 0 Å². The number of benzene rings is 1. The number of nitrogens with one attached hydrogen (secondary N) is 2. The largest absolute Gasteiger partial charge is 0.379 e. The van der Waals surface area contributed by atoms with Gasteiger partial charge in [0.25, 0.3) is 0 Å². The van der Waals surface area contributed by atoms with Crippen LogP contribution in [-0.4, -0.2) is 32.2 Å². The summed E-state index contributed by atoms with van der Waals surface area (Å²) in [5.41, 5.74) is 0.831. The van der Waals surface area contributed by atoms with E-state index in [2.05, 4.69) is 33.2 Å². The van der Waals surface area contributed by atoms with Gasteiger partial charge < -0.3 is 15.4 Å². The van der Waals surface area contributed by atoms with Crippen LogP contribution in [0.25, 0.3) is 0 Å². The maximum absolute atomic E-state index is 12.0. The van der Waals surface area contributed by atoms with Crippen LogP contribution in [0.2, 0.25) is 0 Å². The zero-order valence-electron chi connectivity index (χ0n) is 9.57. The zero-order valence-corrected chi connectivity index (χ0v) is 11.7. The number of carbonyl (C=O) groups is 1. The van der Waals surface area contributed by atoms with Crippen LogP contribution < -0.4 is 10.6 Å². The van der Waals surface area contributed by atoms with Crippen LogP contribution in [-0.2, 0) is 9.53 Å². The Bertz CT molecular complexity index is 394. The van der Waals surface area contributed by atoms with E-state index >= 15 is 0 Å². The predicted octanol–water partition coefficient (Wildman–Crippen LogP) is 1.46. The molecule has 0 bridgehead atoms. The van der Waals surface area contributed by atoms with Crippen molar-refractivity contribution in [2.45, 2.75) is 6.04 Å². The maximum atomic E-state index is 12.0. The standard InChI is InChI=1S/C12H15IN2O2/c1-14-11-7-17-6-10(11)12(16)15-9-4-2-8(13)3-5-9/h2-5,10-11,14H,6-7H2,1H3,(H,15,16). The van der Waals surface area contributed by atoms with E-state index in [0.29, 0.717) is 13.2 Å². The SMILES string of the molecule is CNC1COCC1C(=O)Nc1ccc(I)cc1. The van der Waals surface area contributed by atoms with E-state index in [0.717, 1.165) is 9.26 Å². The molecule has 0 saturated carbocycles. The highest BCUT2D eigenvalue weighted by Crippen LogP contribution is 2.17. The molecule has 2 rings (SSSR count). The molecule has 1 aliphatic rings. The second-order valence-electron chi connectivity index (χ2n) is 4.04. The number of hydrogen-bond acceptors (Lipinski definition) is 3. The molecule has 2 unspecified atom stereocenters. The van der Waals surface area contributed by atoms with E-state index in [1.165, 1.54) is 0 Å².